The van der Waals surface area contributed by atoms with Crippen LogP contribution in [-0.2, 0) is 10.0 Å². The zero-order chi connectivity index (χ0) is 21.2. The number of rotatable bonds is 6. The average molecular weight is 420 g/mol. The first-order chi connectivity index (χ1) is 13.8. The summed E-state index contributed by atoms with van der Waals surface area (Å²) in [5.41, 5.74) is 2.20. The molecule has 8 nitrogen and oxygen atoms in total. The van der Waals surface area contributed by atoms with Gasteiger partial charge in [-0.25, -0.2) is 8.42 Å². The maximum Gasteiger partial charge on any atom is 0.255 e. The van der Waals surface area contributed by atoms with Gasteiger partial charge >= 0.3 is 0 Å². The third kappa shape index (κ3) is 4.09. The molecule has 9 heteroatoms. The van der Waals surface area contributed by atoms with Crippen LogP contribution in [0.4, 0.5) is 11.4 Å². The zero-order valence-electron chi connectivity index (χ0n) is 16.8. The van der Waals surface area contributed by atoms with Crippen LogP contribution in [0.5, 0.6) is 17.2 Å². The first-order valence-corrected chi connectivity index (χ1v) is 10.6. The Morgan fingerprint density at radius 3 is 2.21 bits per heavy atom. The predicted octanol–water partition coefficient (Wildman–Crippen LogP) is 2.81. The molecule has 1 aliphatic heterocycles. The van der Waals surface area contributed by atoms with Crippen molar-refractivity contribution < 1.29 is 27.4 Å². The Kier molecular flexibility index (Phi) is 5.88. The van der Waals surface area contributed by atoms with E-state index in [0.29, 0.717) is 47.2 Å². The molecule has 2 aromatic carbocycles. The monoisotopic (exact) mass is 420 g/mol. The van der Waals surface area contributed by atoms with E-state index in [9.17, 15) is 13.2 Å². The number of aryl methyl sites for hydroxylation is 1. The molecule has 29 heavy (non-hydrogen) atoms. The van der Waals surface area contributed by atoms with Crippen molar-refractivity contribution in [3.63, 3.8) is 0 Å². The number of nitrogens with zero attached hydrogens (tertiary/aromatic N) is 1. The second-order valence-corrected chi connectivity index (χ2v) is 8.62. The van der Waals surface area contributed by atoms with Crippen molar-refractivity contribution in [3.8, 4) is 17.2 Å². The van der Waals surface area contributed by atoms with E-state index in [1.165, 1.54) is 25.6 Å². The number of benzene rings is 2. The summed E-state index contributed by atoms with van der Waals surface area (Å²) in [5, 5.41) is 2.85. The third-order valence-electron chi connectivity index (χ3n) is 4.78. The van der Waals surface area contributed by atoms with E-state index in [0.717, 1.165) is 5.56 Å². The van der Waals surface area contributed by atoms with Crippen LogP contribution in [0.2, 0.25) is 0 Å². The standard InChI is InChI=1S/C20H24N2O6S/c1-13-6-7-15(22-8-5-9-29(22,24)25)12-16(13)21-20(23)14-10-17(26-2)19(28-4)18(11-14)27-3/h6-7,10-12H,5,8-9H2,1-4H3,(H,21,23). The molecular formula is C20H24N2O6S. The molecule has 0 saturated carbocycles. The van der Waals surface area contributed by atoms with Crippen LogP contribution in [0.25, 0.3) is 0 Å². The van der Waals surface area contributed by atoms with Crippen molar-refractivity contribution in [2.75, 3.05) is 43.2 Å². The van der Waals surface area contributed by atoms with Gasteiger partial charge in [0.1, 0.15) is 0 Å². The normalized spacial score (nSPS) is 15.1. The number of sulfonamides is 1. The van der Waals surface area contributed by atoms with Gasteiger partial charge in [0, 0.05) is 17.8 Å². The van der Waals surface area contributed by atoms with Crippen LogP contribution < -0.4 is 23.8 Å². The van der Waals surface area contributed by atoms with Crippen LogP contribution in [0.3, 0.4) is 0 Å². The summed E-state index contributed by atoms with van der Waals surface area (Å²) in [6, 6.07) is 8.32. The third-order valence-corrected chi connectivity index (χ3v) is 6.65. The largest absolute Gasteiger partial charge is 0.493 e. The fourth-order valence-electron chi connectivity index (χ4n) is 3.24. The lowest BCUT2D eigenvalue weighted by molar-refractivity contribution is 0.102. The molecule has 1 amide bonds. The number of carbonyl (C=O) groups is 1. The Morgan fingerprint density at radius 2 is 1.69 bits per heavy atom. The number of hydrogen-bond acceptors (Lipinski definition) is 6. The minimum Gasteiger partial charge on any atom is -0.493 e. The van der Waals surface area contributed by atoms with Gasteiger partial charge in [-0.2, -0.15) is 0 Å². The highest BCUT2D eigenvalue weighted by atomic mass is 32.2. The fraction of sp³-hybridized carbons (Fsp3) is 0.350. The van der Waals surface area contributed by atoms with Crippen LogP contribution in [0.1, 0.15) is 22.3 Å². The molecule has 0 unspecified atom stereocenters. The number of ether oxygens (including phenoxy) is 3. The molecule has 0 aromatic heterocycles. The maximum absolute atomic E-state index is 12.9. The Labute approximate surface area is 170 Å². The second-order valence-electron chi connectivity index (χ2n) is 6.61. The molecule has 0 radical (unpaired) electrons. The molecule has 156 valence electrons. The molecule has 3 rings (SSSR count). The summed E-state index contributed by atoms with van der Waals surface area (Å²) in [6.45, 7) is 2.28. The van der Waals surface area contributed by atoms with E-state index in [1.807, 2.05) is 6.92 Å². The molecule has 1 saturated heterocycles. The van der Waals surface area contributed by atoms with Crippen molar-refractivity contribution in [1.82, 2.24) is 0 Å². The molecule has 0 bridgehead atoms. The van der Waals surface area contributed by atoms with Gasteiger partial charge in [0.25, 0.3) is 5.91 Å². The molecule has 1 N–H and O–H groups in total. The van der Waals surface area contributed by atoms with Crippen LogP contribution in [-0.4, -0.2) is 48.0 Å². The predicted molar refractivity (Wildman–Crippen MR) is 111 cm³/mol. The van der Waals surface area contributed by atoms with E-state index in [2.05, 4.69) is 5.32 Å². The van der Waals surface area contributed by atoms with Gasteiger partial charge < -0.3 is 19.5 Å². The second kappa shape index (κ2) is 8.20. The minimum absolute atomic E-state index is 0.133. The van der Waals surface area contributed by atoms with Gasteiger partial charge in [-0.05, 0) is 43.2 Å². The van der Waals surface area contributed by atoms with E-state index in [1.54, 1.807) is 30.3 Å². The van der Waals surface area contributed by atoms with E-state index in [4.69, 9.17) is 14.2 Å². The highest BCUT2D eigenvalue weighted by Gasteiger charge is 2.28. The number of carbonyl (C=O) groups excluding carboxylic acids is 1. The topological polar surface area (TPSA) is 94.2 Å². The lowest BCUT2D eigenvalue weighted by atomic mass is 10.1. The van der Waals surface area contributed by atoms with Gasteiger partial charge in [-0.15, -0.1) is 0 Å². The number of amides is 1. The van der Waals surface area contributed by atoms with E-state index in [-0.39, 0.29) is 11.7 Å². The fourth-order valence-corrected chi connectivity index (χ4v) is 4.79. The highest BCUT2D eigenvalue weighted by molar-refractivity contribution is 7.93. The van der Waals surface area contributed by atoms with Gasteiger partial charge in [-0.3, -0.25) is 9.10 Å². The molecular weight excluding hydrogens is 396 g/mol. The summed E-state index contributed by atoms with van der Waals surface area (Å²) in [5.74, 6) is 0.877. The lowest BCUT2D eigenvalue weighted by Crippen LogP contribution is -2.25. The molecule has 2 aromatic rings. The van der Waals surface area contributed by atoms with Crippen molar-refractivity contribution in [2.24, 2.45) is 0 Å². The van der Waals surface area contributed by atoms with E-state index >= 15 is 0 Å². The maximum atomic E-state index is 12.9. The van der Waals surface area contributed by atoms with E-state index < -0.39 is 10.0 Å². The van der Waals surface area contributed by atoms with Crippen molar-refractivity contribution in [2.45, 2.75) is 13.3 Å². The summed E-state index contributed by atoms with van der Waals surface area (Å²) >= 11 is 0. The molecule has 0 spiro atoms. The van der Waals surface area contributed by atoms with Crippen LogP contribution in [0.15, 0.2) is 30.3 Å². The number of anilines is 2. The summed E-state index contributed by atoms with van der Waals surface area (Å²) in [6.07, 6.45) is 0.587. The van der Waals surface area contributed by atoms with Crippen molar-refractivity contribution in [1.29, 1.82) is 0 Å². The molecule has 1 heterocycles. The molecule has 1 fully saturated rings. The van der Waals surface area contributed by atoms with Gasteiger partial charge in [0.15, 0.2) is 11.5 Å². The molecule has 0 aliphatic carbocycles. The number of methoxy groups -OCH3 is 3. The molecule has 0 atom stereocenters. The van der Waals surface area contributed by atoms with Crippen LogP contribution >= 0.6 is 0 Å². The number of hydrogen-bond donors (Lipinski definition) is 1. The van der Waals surface area contributed by atoms with Crippen LogP contribution in [0, 0.1) is 6.92 Å². The van der Waals surface area contributed by atoms with Gasteiger partial charge in [0.05, 0.1) is 32.8 Å². The summed E-state index contributed by atoms with van der Waals surface area (Å²) in [7, 11) is 1.14. The van der Waals surface area contributed by atoms with Crippen molar-refractivity contribution in [3.05, 3.63) is 41.5 Å². The quantitative estimate of drug-likeness (QED) is 0.772. The minimum atomic E-state index is -3.30. The first kappa shape index (κ1) is 20.8. The lowest BCUT2D eigenvalue weighted by Gasteiger charge is -2.19. The summed E-state index contributed by atoms with van der Waals surface area (Å²) < 4.78 is 41.6. The number of nitrogens with one attached hydrogen (secondary N) is 1. The Bertz CT molecular complexity index is 1010. The summed E-state index contributed by atoms with van der Waals surface area (Å²) in [4.78, 5) is 12.9. The SMILES string of the molecule is COc1cc(C(=O)Nc2cc(N3CCCS3(=O)=O)ccc2C)cc(OC)c1OC. The Morgan fingerprint density at radius 1 is 1.03 bits per heavy atom. The van der Waals surface area contributed by atoms with Crippen molar-refractivity contribution >= 4 is 27.3 Å². The zero-order valence-corrected chi connectivity index (χ0v) is 17.6. The Hall–Kier alpha value is -2.94. The average Bonchev–Trinajstić information content (AvgIpc) is 3.07. The highest BCUT2D eigenvalue weighted by Crippen LogP contribution is 2.38. The first-order valence-electron chi connectivity index (χ1n) is 9.03. The smallest absolute Gasteiger partial charge is 0.255 e. The molecule has 1 aliphatic rings. The Balaban J connectivity index is 1.92. The van der Waals surface area contributed by atoms with Gasteiger partial charge in [-0.1, -0.05) is 6.07 Å². The van der Waals surface area contributed by atoms with Gasteiger partial charge in [0.2, 0.25) is 15.8 Å².